The quantitative estimate of drug-likeness (QED) is 0.768. The average Bonchev–Trinajstić information content (AvgIpc) is 2.92. The number of amides is 1. The van der Waals surface area contributed by atoms with Gasteiger partial charge in [0.25, 0.3) is 0 Å². The van der Waals surface area contributed by atoms with Crippen molar-refractivity contribution < 1.29 is 32.5 Å². The van der Waals surface area contributed by atoms with Crippen LogP contribution in [0.1, 0.15) is 29.7 Å². The molecule has 166 valence electrons. The minimum Gasteiger partial charge on any atom is -0.496 e. The van der Waals surface area contributed by atoms with E-state index in [4.69, 9.17) is 9.47 Å². The number of fused-ring (bicyclic) bond motifs is 5. The number of rotatable bonds is 4. The highest BCUT2D eigenvalue weighted by atomic mass is 19.4. The summed E-state index contributed by atoms with van der Waals surface area (Å²) in [7, 11) is 2.94. The molecule has 0 spiro atoms. The fourth-order valence-corrected chi connectivity index (χ4v) is 5.78. The second-order valence-electron chi connectivity index (χ2n) is 8.64. The smallest absolute Gasteiger partial charge is 0.420 e. The molecular formula is C21H22F3N3O4. The Balaban J connectivity index is 1.51. The van der Waals surface area contributed by atoms with E-state index in [2.05, 4.69) is 10.4 Å². The van der Waals surface area contributed by atoms with Crippen LogP contribution >= 0.6 is 0 Å². The molecule has 1 saturated carbocycles. The Hall–Kier alpha value is -2.59. The first kappa shape index (κ1) is 20.3. The third-order valence-electron chi connectivity index (χ3n) is 7.04. The standard InChI is InChI=1S/C21H22F3N3O4/c1-10-13(8-27(2)26-10)19-9-20(19,16-7-14(28)17(19)31-16)18(29)25-11-4-5-15(30-3)12(6-11)21(22,23)24/h4-6,8,14,16-17,28H,7,9H2,1-3H3,(H,25,29)/t14-,16+,17-,19+,20+/m0/s1. The Bertz CT molecular complexity index is 1080. The maximum atomic E-state index is 13.5. The van der Waals surface area contributed by atoms with E-state index in [1.807, 2.05) is 13.1 Å². The van der Waals surface area contributed by atoms with Gasteiger partial charge < -0.3 is 19.9 Å². The van der Waals surface area contributed by atoms with Gasteiger partial charge in [0.1, 0.15) is 5.75 Å². The number of carbonyl (C=O) groups is 1. The normalized spacial score (nSPS) is 33.3. The molecule has 31 heavy (non-hydrogen) atoms. The van der Waals surface area contributed by atoms with Crippen LogP contribution in [-0.4, -0.2) is 46.2 Å². The molecule has 5 atom stereocenters. The molecule has 3 fully saturated rings. The Morgan fingerprint density at radius 2 is 2.16 bits per heavy atom. The number of benzene rings is 1. The van der Waals surface area contributed by atoms with Crippen LogP contribution in [0.25, 0.3) is 0 Å². The Labute approximate surface area is 176 Å². The molecule has 2 bridgehead atoms. The van der Waals surface area contributed by atoms with Gasteiger partial charge in [0.15, 0.2) is 0 Å². The molecule has 1 aromatic carbocycles. The van der Waals surface area contributed by atoms with Crippen molar-refractivity contribution in [1.29, 1.82) is 0 Å². The van der Waals surface area contributed by atoms with Crippen molar-refractivity contribution in [3.05, 3.63) is 41.2 Å². The molecule has 0 unspecified atom stereocenters. The number of nitrogens with one attached hydrogen (secondary N) is 1. The molecule has 2 N–H and O–H groups in total. The van der Waals surface area contributed by atoms with Gasteiger partial charge in [-0.15, -0.1) is 0 Å². The van der Waals surface area contributed by atoms with Gasteiger partial charge in [0.2, 0.25) is 5.91 Å². The highest BCUT2D eigenvalue weighted by molar-refractivity contribution is 6.01. The monoisotopic (exact) mass is 437 g/mol. The van der Waals surface area contributed by atoms with Crippen molar-refractivity contribution >= 4 is 11.6 Å². The minimum absolute atomic E-state index is 0.0273. The number of hydrogen-bond acceptors (Lipinski definition) is 5. The molecular weight excluding hydrogens is 415 g/mol. The molecule has 0 radical (unpaired) electrons. The number of aryl methyl sites for hydroxylation is 2. The third kappa shape index (κ3) is 2.54. The van der Waals surface area contributed by atoms with Crippen LogP contribution in [0.15, 0.2) is 24.4 Å². The van der Waals surface area contributed by atoms with Crippen LogP contribution in [0.3, 0.4) is 0 Å². The van der Waals surface area contributed by atoms with Crippen LogP contribution in [0.4, 0.5) is 18.9 Å². The number of hydrogen-bond donors (Lipinski definition) is 2. The van der Waals surface area contributed by atoms with E-state index in [1.54, 1.807) is 11.7 Å². The first-order valence-corrected chi connectivity index (χ1v) is 9.95. The molecule has 10 heteroatoms. The summed E-state index contributed by atoms with van der Waals surface area (Å²) in [6.45, 7) is 1.84. The summed E-state index contributed by atoms with van der Waals surface area (Å²) in [6.07, 6.45) is -3.79. The summed E-state index contributed by atoms with van der Waals surface area (Å²) in [4.78, 5) is 13.5. The summed E-state index contributed by atoms with van der Waals surface area (Å²) < 4.78 is 52.6. The fourth-order valence-electron chi connectivity index (χ4n) is 5.78. The lowest BCUT2D eigenvalue weighted by atomic mass is 9.74. The van der Waals surface area contributed by atoms with Crippen molar-refractivity contribution in [2.24, 2.45) is 12.5 Å². The SMILES string of the molecule is COc1ccc(NC(=O)[C@]23C[C@@]2(c2cn(C)nc2C)[C@H]2O[C@@H]3C[C@@H]2O)cc1C(F)(F)F. The van der Waals surface area contributed by atoms with Crippen molar-refractivity contribution in [2.45, 2.75) is 49.7 Å². The number of anilines is 1. The number of ether oxygens (including phenoxy) is 2. The lowest BCUT2D eigenvalue weighted by Gasteiger charge is -2.29. The zero-order chi connectivity index (χ0) is 22.3. The molecule has 2 aromatic rings. The van der Waals surface area contributed by atoms with Crippen LogP contribution in [0.5, 0.6) is 5.75 Å². The fraction of sp³-hybridized carbons (Fsp3) is 0.524. The number of aliphatic hydroxyl groups is 1. The van der Waals surface area contributed by atoms with E-state index in [0.717, 1.165) is 24.4 Å². The number of alkyl halides is 3. The summed E-state index contributed by atoms with van der Waals surface area (Å²) in [5.41, 5.74) is -1.05. The van der Waals surface area contributed by atoms with Crippen molar-refractivity contribution in [3.8, 4) is 5.75 Å². The summed E-state index contributed by atoms with van der Waals surface area (Å²) in [5, 5.41) is 17.5. The summed E-state index contributed by atoms with van der Waals surface area (Å²) in [6, 6.07) is 3.43. The van der Waals surface area contributed by atoms with Gasteiger partial charge >= 0.3 is 6.18 Å². The molecule has 1 amide bonds. The number of aromatic nitrogens is 2. The maximum Gasteiger partial charge on any atom is 0.420 e. The Morgan fingerprint density at radius 1 is 1.42 bits per heavy atom. The molecule has 2 aliphatic heterocycles. The molecule has 3 aliphatic rings. The van der Waals surface area contributed by atoms with Gasteiger partial charge in [0, 0.05) is 36.3 Å². The van der Waals surface area contributed by atoms with Crippen molar-refractivity contribution in [2.75, 3.05) is 12.4 Å². The topological polar surface area (TPSA) is 85.6 Å². The number of methoxy groups -OCH3 is 1. The zero-order valence-electron chi connectivity index (χ0n) is 17.2. The number of halogens is 3. The van der Waals surface area contributed by atoms with Crippen molar-refractivity contribution in [3.63, 3.8) is 0 Å². The van der Waals surface area contributed by atoms with Gasteiger partial charge in [-0.3, -0.25) is 9.48 Å². The highest BCUT2D eigenvalue weighted by Crippen LogP contribution is 2.78. The van der Waals surface area contributed by atoms with Crippen LogP contribution in [0.2, 0.25) is 0 Å². The van der Waals surface area contributed by atoms with Gasteiger partial charge in [-0.25, -0.2) is 0 Å². The van der Waals surface area contributed by atoms with Gasteiger partial charge in [0.05, 0.1) is 42.1 Å². The van der Waals surface area contributed by atoms with E-state index < -0.39 is 46.8 Å². The molecule has 3 heterocycles. The second kappa shape index (κ2) is 6.23. The molecule has 1 aromatic heterocycles. The Kier molecular flexibility index (Phi) is 4.08. The first-order valence-electron chi connectivity index (χ1n) is 9.95. The molecule has 2 saturated heterocycles. The summed E-state index contributed by atoms with van der Waals surface area (Å²) >= 11 is 0. The molecule has 7 nitrogen and oxygen atoms in total. The minimum atomic E-state index is -4.62. The van der Waals surface area contributed by atoms with Crippen LogP contribution < -0.4 is 10.1 Å². The molecule has 5 rings (SSSR count). The second-order valence-corrected chi connectivity index (χ2v) is 8.64. The van der Waals surface area contributed by atoms with Gasteiger partial charge in [-0.2, -0.15) is 18.3 Å². The number of carbonyl (C=O) groups excluding carboxylic acids is 1. The van der Waals surface area contributed by atoms with Crippen molar-refractivity contribution in [1.82, 2.24) is 9.78 Å². The lowest BCUT2D eigenvalue weighted by Crippen LogP contribution is -2.44. The van der Waals surface area contributed by atoms with E-state index in [-0.39, 0.29) is 11.4 Å². The average molecular weight is 437 g/mol. The molecule has 1 aliphatic carbocycles. The first-order chi connectivity index (χ1) is 14.5. The zero-order valence-corrected chi connectivity index (χ0v) is 17.2. The van der Waals surface area contributed by atoms with Gasteiger partial charge in [-0.05, 0) is 31.5 Å². The van der Waals surface area contributed by atoms with E-state index >= 15 is 0 Å². The summed E-state index contributed by atoms with van der Waals surface area (Å²) in [5.74, 6) is -0.727. The van der Waals surface area contributed by atoms with Gasteiger partial charge in [-0.1, -0.05) is 0 Å². The number of nitrogens with zero attached hydrogens (tertiary/aromatic N) is 2. The van der Waals surface area contributed by atoms with E-state index in [0.29, 0.717) is 12.8 Å². The van der Waals surface area contributed by atoms with Crippen LogP contribution in [-0.2, 0) is 28.2 Å². The highest BCUT2D eigenvalue weighted by Gasteiger charge is 2.87. The van der Waals surface area contributed by atoms with E-state index in [9.17, 15) is 23.1 Å². The third-order valence-corrected chi connectivity index (χ3v) is 7.04. The Morgan fingerprint density at radius 3 is 2.77 bits per heavy atom. The predicted octanol–water partition coefficient (Wildman–Crippen LogP) is 2.55. The van der Waals surface area contributed by atoms with E-state index in [1.165, 1.54) is 12.1 Å². The van der Waals surface area contributed by atoms with Crippen LogP contribution in [0, 0.1) is 12.3 Å². The number of aliphatic hydroxyl groups excluding tert-OH is 1. The predicted molar refractivity (Wildman–Crippen MR) is 103 cm³/mol. The largest absolute Gasteiger partial charge is 0.496 e. The lowest BCUT2D eigenvalue weighted by molar-refractivity contribution is -0.138. The maximum absolute atomic E-state index is 13.5.